The fourth-order valence-electron chi connectivity index (χ4n) is 4.25. The molecule has 1 aliphatic heterocycles. The number of ether oxygens (including phenoxy) is 2. The van der Waals surface area contributed by atoms with Crippen LogP contribution >= 0.6 is 0 Å². The van der Waals surface area contributed by atoms with Crippen LogP contribution in [0.2, 0.25) is 0 Å². The fraction of sp³-hybridized carbons (Fsp3) is 0.417. The van der Waals surface area contributed by atoms with Crippen molar-refractivity contribution in [2.45, 2.75) is 25.3 Å². The standard InChI is InChI=1S/C24H30N2O2/c1-27-17-16-26-19-23(22-9-5-6-10-24(22)26)20-11-13-25(14-12-20)15-18-28-21-7-3-2-4-8-21/h2-10,19-20H,11-18H2,1H3. The van der Waals surface area contributed by atoms with Crippen molar-refractivity contribution in [1.82, 2.24) is 9.47 Å². The molecule has 1 aromatic heterocycles. The van der Waals surface area contributed by atoms with Crippen molar-refractivity contribution < 1.29 is 9.47 Å². The maximum Gasteiger partial charge on any atom is 0.119 e. The molecule has 0 unspecified atom stereocenters. The summed E-state index contributed by atoms with van der Waals surface area (Å²) >= 11 is 0. The first-order valence-corrected chi connectivity index (χ1v) is 10.3. The zero-order chi connectivity index (χ0) is 19.2. The Morgan fingerprint density at radius 2 is 1.64 bits per heavy atom. The van der Waals surface area contributed by atoms with Crippen LogP contribution in [0.5, 0.6) is 5.75 Å². The summed E-state index contributed by atoms with van der Waals surface area (Å²) in [6.07, 6.45) is 4.79. The van der Waals surface area contributed by atoms with E-state index in [0.29, 0.717) is 5.92 Å². The summed E-state index contributed by atoms with van der Waals surface area (Å²) in [4.78, 5) is 2.53. The summed E-state index contributed by atoms with van der Waals surface area (Å²) in [5.74, 6) is 1.60. The highest BCUT2D eigenvalue weighted by atomic mass is 16.5. The molecule has 0 saturated carbocycles. The van der Waals surface area contributed by atoms with Gasteiger partial charge >= 0.3 is 0 Å². The second-order valence-electron chi connectivity index (χ2n) is 7.57. The lowest BCUT2D eigenvalue weighted by Gasteiger charge is -2.31. The number of hydrogen-bond donors (Lipinski definition) is 0. The Hall–Kier alpha value is -2.30. The van der Waals surface area contributed by atoms with Crippen molar-refractivity contribution in [3.05, 3.63) is 66.4 Å². The Labute approximate surface area is 167 Å². The summed E-state index contributed by atoms with van der Waals surface area (Å²) in [6.45, 7) is 5.69. The van der Waals surface area contributed by atoms with E-state index in [4.69, 9.17) is 9.47 Å². The maximum absolute atomic E-state index is 5.86. The molecule has 0 spiro atoms. The van der Waals surface area contributed by atoms with E-state index in [9.17, 15) is 0 Å². The number of piperidine rings is 1. The van der Waals surface area contributed by atoms with Crippen molar-refractivity contribution in [2.24, 2.45) is 0 Å². The molecule has 4 nitrogen and oxygen atoms in total. The van der Waals surface area contributed by atoms with Gasteiger partial charge in [0.2, 0.25) is 0 Å². The number of fused-ring (bicyclic) bond motifs is 1. The molecule has 0 radical (unpaired) electrons. The average Bonchev–Trinajstić information content (AvgIpc) is 3.12. The van der Waals surface area contributed by atoms with Crippen LogP contribution in [0.1, 0.15) is 24.3 Å². The first kappa shape index (κ1) is 19.0. The summed E-state index contributed by atoms with van der Waals surface area (Å²) in [5.41, 5.74) is 2.83. The zero-order valence-electron chi connectivity index (χ0n) is 16.7. The van der Waals surface area contributed by atoms with Crippen LogP contribution in [-0.2, 0) is 11.3 Å². The lowest BCUT2D eigenvalue weighted by molar-refractivity contribution is 0.173. The van der Waals surface area contributed by atoms with Gasteiger partial charge in [0.25, 0.3) is 0 Å². The van der Waals surface area contributed by atoms with Gasteiger partial charge in [0.1, 0.15) is 12.4 Å². The van der Waals surface area contributed by atoms with Crippen molar-refractivity contribution in [3.63, 3.8) is 0 Å². The fourth-order valence-corrected chi connectivity index (χ4v) is 4.25. The monoisotopic (exact) mass is 378 g/mol. The van der Waals surface area contributed by atoms with Crippen LogP contribution in [0.4, 0.5) is 0 Å². The van der Waals surface area contributed by atoms with Crippen molar-refractivity contribution in [3.8, 4) is 5.75 Å². The molecule has 1 aliphatic rings. The third kappa shape index (κ3) is 4.40. The summed E-state index contributed by atoms with van der Waals surface area (Å²) in [7, 11) is 1.77. The molecular formula is C24H30N2O2. The third-order valence-corrected chi connectivity index (χ3v) is 5.80. The summed E-state index contributed by atoms with van der Waals surface area (Å²) in [5, 5.41) is 1.41. The van der Waals surface area contributed by atoms with E-state index in [2.05, 4.69) is 39.9 Å². The van der Waals surface area contributed by atoms with E-state index in [1.54, 1.807) is 7.11 Å². The molecule has 28 heavy (non-hydrogen) atoms. The van der Waals surface area contributed by atoms with Gasteiger partial charge in [-0.25, -0.2) is 0 Å². The number of hydrogen-bond acceptors (Lipinski definition) is 3. The number of likely N-dealkylation sites (tertiary alicyclic amines) is 1. The minimum atomic E-state index is 0.639. The first-order valence-electron chi connectivity index (χ1n) is 10.3. The van der Waals surface area contributed by atoms with Crippen LogP contribution in [0.15, 0.2) is 60.8 Å². The molecule has 0 amide bonds. The molecule has 0 N–H and O–H groups in total. The predicted octanol–water partition coefficient (Wildman–Crippen LogP) is 4.55. The third-order valence-electron chi connectivity index (χ3n) is 5.80. The molecule has 1 saturated heterocycles. The molecule has 0 bridgehead atoms. The lowest BCUT2D eigenvalue weighted by Crippen LogP contribution is -2.35. The molecule has 4 heteroatoms. The second kappa shape index (κ2) is 9.26. The van der Waals surface area contributed by atoms with Gasteiger partial charge in [-0.3, -0.25) is 4.90 Å². The van der Waals surface area contributed by atoms with Crippen LogP contribution in [0.25, 0.3) is 10.9 Å². The zero-order valence-corrected chi connectivity index (χ0v) is 16.7. The Kier molecular flexibility index (Phi) is 6.30. The molecule has 1 fully saturated rings. The highest BCUT2D eigenvalue weighted by Gasteiger charge is 2.23. The van der Waals surface area contributed by atoms with Crippen molar-refractivity contribution >= 4 is 10.9 Å². The van der Waals surface area contributed by atoms with Crippen molar-refractivity contribution in [1.29, 1.82) is 0 Å². The lowest BCUT2D eigenvalue weighted by atomic mass is 9.89. The van der Waals surface area contributed by atoms with E-state index < -0.39 is 0 Å². The molecule has 2 heterocycles. The number of methoxy groups -OCH3 is 1. The average molecular weight is 379 g/mol. The van der Waals surface area contributed by atoms with Gasteiger partial charge in [-0.15, -0.1) is 0 Å². The Morgan fingerprint density at radius 3 is 2.43 bits per heavy atom. The molecule has 2 aromatic carbocycles. The van der Waals surface area contributed by atoms with Crippen LogP contribution in [0, 0.1) is 0 Å². The van der Waals surface area contributed by atoms with E-state index >= 15 is 0 Å². The Bertz CT molecular complexity index is 867. The van der Waals surface area contributed by atoms with Crippen LogP contribution in [0.3, 0.4) is 0 Å². The number of aromatic nitrogens is 1. The molecular weight excluding hydrogens is 348 g/mol. The van der Waals surface area contributed by atoms with E-state index in [1.807, 2.05) is 30.3 Å². The molecule has 148 valence electrons. The van der Waals surface area contributed by atoms with Gasteiger partial charge in [0.05, 0.1) is 6.61 Å². The van der Waals surface area contributed by atoms with Gasteiger partial charge in [-0.05, 0) is 55.6 Å². The normalized spacial score (nSPS) is 15.9. The van der Waals surface area contributed by atoms with Gasteiger partial charge in [0.15, 0.2) is 0 Å². The van der Waals surface area contributed by atoms with Crippen LogP contribution < -0.4 is 4.74 Å². The quantitative estimate of drug-likeness (QED) is 0.575. The summed E-state index contributed by atoms with van der Waals surface area (Å²) < 4.78 is 13.5. The molecule has 0 aliphatic carbocycles. The van der Waals surface area contributed by atoms with E-state index in [1.165, 1.54) is 29.3 Å². The second-order valence-corrected chi connectivity index (χ2v) is 7.57. The Morgan fingerprint density at radius 1 is 0.893 bits per heavy atom. The van der Waals surface area contributed by atoms with Gasteiger partial charge in [-0.2, -0.15) is 0 Å². The minimum Gasteiger partial charge on any atom is -0.492 e. The Balaban J connectivity index is 1.34. The number of rotatable bonds is 8. The SMILES string of the molecule is COCCn1cc(C2CCN(CCOc3ccccc3)CC2)c2ccccc21. The topological polar surface area (TPSA) is 26.6 Å². The largest absolute Gasteiger partial charge is 0.492 e. The molecule has 3 aromatic rings. The first-order chi connectivity index (χ1) is 13.8. The molecule has 4 rings (SSSR count). The predicted molar refractivity (Wildman–Crippen MR) is 114 cm³/mol. The van der Waals surface area contributed by atoms with E-state index in [-0.39, 0.29) is 0 Å². The number of para-hydroxylation sites is 2. The van der Waals surface area contributed by atoms with Gasteiger partial charge in [0, 0.05) is 37.3 Å². The number of nitrogens with zero attached hydrogens (tertiary/aromatic N) is 2. The summed E-state index contributed by atoms with van der Waals surface area (Å²) in [6, 6.07) is 18.9. The molecule has 0 atom stereocenters. The van der Waals surface area contributed by atoms with Crippen LogP contribution in [-0.4, -0.2) is 49.4 Å². The van der Waals surface area contributed by atoms with Gasteiger partial charge in [-0.1, -0.05) is 36.4 Å². The highest BCUT2D eigenvalue weighted by Crippen LogP contribution is 2.34. The van der Waals surface area contributed by atoms with Gasteiger partial charge < -0.3 is 14.0 Å². The number of benzene rings is 2. The highest BCUT2D eigenvalue weighted by molar-refractivity contribution is 5.84. The van der Waals surface area contributed by atoms with E-state index in [0.717, 1.165) is 45.1 Å². The maximum atomic E-state index is 5.86. The smallest absolute Gasteiger partial charge is 0.119 e. The van der Waals surface area contributed by atoms with Crippen molar-refractivity contribution in [2.75, 3.05) is 40.0 Å². The minimum absolute atomic E-state index is 0.639.